The molecule has 1 aromatic carbocycles. The van der Waals surface area contributed by atoms with Crippen molar-refractivity contribution in [2.45, 2.75) is 24.9 Å². The zero-order valence-corrected chi connectivity index (χ0v) is 11.7. The molecule has 0 saturated carbocycles. The first-order chi connectivity index (χ1) is 9.81. The third-order valence-electron chi connectivity index (χ3n) is 4.07. The summed E-state index contributed by atoms with van der Waals surface area (Å²) in [6.45, 7) is 0.564. The molecule has 2 unspecified atom stereocenters. The summed E-state index contributed by atoms with van der Waals surface area (Å²) in [6.07, 6.45) is 3.36. The highest BCUT2D eigenvalue weighted by Crippen LogP contribution is 2.35. The molecule has 1 aliphatic rings. The van der Waals surface area contributed by atoms with Gasteiger partial charge in [-0.3, -0.25) is 4.98 Å². The first kappa shape index (κ1) is 13.3. The zero-order chi connectivity index (χ0) is 13.9. The Morgan fingerprint density at radius 3 is 2.80 bits per heavy atom. The standard InChI is InChI=1S/C17H20N2O/c1-18-11-15(20)16-14-7-3-2-5-12(14)8-9-13-6-4-10-19-17(13)16/h2-7,10,15-16,18,20H,8-9,11H2,1H3. The molecule has 1 aromatic heterocycles. The summed E-state index contributed by atoms with van der Waals surface area (Å²) >= 11 is 0. The fourth-order valence-corrected chi connectivity index (χ4v) is 3.14. The van der Waals surface area contributed by atoms with E-state index >= 15 is 0 Å². The van der Waals surface area contributed by atoms with Crippen molar-refractivity contribution in [3.8, 4) is 0 Å². The van der Waals surface area contributed by atoms with Gasteiger partial charge in [0.25, 0.3) is 0 Å². The molecule has 3 rings (SSSR count). The van der Waals surface area contributed by atoms with Gasteiger partial charge in [-0.25, -0.2) is 0 Å². The van der Waals surface area contributed by atoms with Crippen LogP contribution >= 0.6 is 0 Å². The summed E-state index contributed by atoms with van der Waals surface area (Å²) in [5.41, 5.74) is 4.82. The molecule has 0 saturated heterocycles. The van der Waals surface area contributed by atoms with E-state index in [1.54, 1.807) is 0 Å². The Hall–Kier alpha value is -1.71. The maximum absolute atomic E-state index is 10.6. The van der Waals surface area contributed by atoms with Crippen LogP contribution in [0, 0.1) is 0 Å². The topological polar surface area (TPSA) is 45.1 Å². The van der Waals surface area contributed by atoms with Crippen molar-refractivity contribution in [2.24, 2.45) is 0 Å². The van der Waals surface area contributed by atoms with Crippen LogP contribution in [0.15, 0.2) is 42.6 Å². The summed E-state index contributed by atoms with van der Waals surface area (Å²) in [5, 5.41) is 13.7. The molecule has 2 N–H and O–H groups in total. The summed E-state index contributed by atoms with van der Waals surface area (Å²) in [5.74, 6) is -0.0441. The van der Waals surface area contributed by atoms with Crippen molar-refractivity contribution in [1.29, 1.82) is 0 Å². The van der Waals surface area contributed by atoms with Gasteiger partial charge in [0.1, 0.15) is 0 Å². The molecule has 0 amide bonds. The minimum atomic E-state index is -0.465. The van der Waals surface area contributed by atoms with Crippen molar-refractivity contribution in [2.75, 3.05) is 13.6 Å². The lowest BCUT2D eigenvalue weighted by atomic mass is 9.87. The Morgan fingerprint density at radius 2 is 1.95 bits per heavy atom. The van der Waals surface area contributed by atoms with E-state index in [9.17, 15) is 5.11 Å². The largest absolute Gasteiger partial charge is 0.391 e. The van der Waals surface area contributed by atoms with Gasteiger partial charge in [0.2, 0.25) is 0 Å². The molecule has 0 bridgehead atoms. The average molecular weight is 268 g/mol. The molecule has 3 nitrogen and oxygen atoms in total. The Labute approximate surface area is 119 Å². The number of aliphatic hydroxyl groups excluding tert-OH is 1. The van der Waals surface area contributed by atoms with Gasteiger partial charge in [0.15, 0.2) is 0 Å². The van der Waals surface area contributed by atoms with Crippen LogP contribution in [0.1, 0.15) is 28.3 Å². The molecule has 0 aliphatic heterocycles. The van der Waals surface area contributed by atoms with E-state index in [1.807, 2.05) is 25.4 Å². The van der Waals surface area contributed by atoms with Gasteiger partial charge in [0, 0.05) is 12.7 Å². The van der Waals surface area contributed by atoms with E-state index in [4.69, 9.17) is 0 Å². The van der Waals surface area contributed by atoms with Gasteiger partial charge < -0.3 is 10.4 Å². The first-order valence-electron chi connectivity index (χ1n) is 7.15. The minimum absolute atomic E-state index is 0.0441. The SMILES string of the molecule is CNCC(O)C1c2ccccc2CCc2cccnc21. The number of nitrogens with zero attached hydrogens (tertiary/aromatic N) is 1. The molecular formula is C17H20N2O. The molecule has 2 atom stereocenters. The average Bonchev–Trinajstić information content (AvgIpc) is 2.64. The van der Waals surface area contributed by atoms with E-state index in [0.717, 1.165) is 18.5 Å². The van der Waals surface area contributed by atoms with Crippen LogP contribution in [0.2, 0.25) is 0 Å². The summed E-state index contributed by atoms with van der Waals surface area (Å²) in [6, 6.07) is 12.5. The normalized spacial score (nSPS) is 18.8. The van der Waals surface area contributed by atoms with Crippen LogP contribution in [0.25, 0.3) is 0 Å². The highest BCUT2D eigenvalue weighted by Gasteiger charge is 2.29. The zero-order valence-electron chi connectivity index (χ0n) is 11.7. The van der Waals surface area contributed by atoms with Crippen LogP contribution < -0.4 is 5.32 Å². The number of likely N-dealkylation sites (N-methyl/N-ethyl adjacent to an activating group) is 1. The number of nitrogens with one attached hydrogen (secondary N) is 1. The van der Waals surface area contributed by atoms with Crippen LogP contribution in [-0.2, 0) is 12.8 Å². The number of pyridine rings is 1. The fourth-order valence-electron chi connectivity index (χ4n) is 3.14. The lowest BCUT2D eigenvalue weighted by Gasteiger charge is -2.24. The second-order valence-corrected chi connectivity index (χ2v) is 5.35. The quantitative estimate of drug-likeness (QED) is 0.893. The molecule has 0 fully saturated rings. The van der Waals surface area contributed by atoms with Gasteiger partial charge in [0.05, 0.1) is 17.7 Å². The second kappa shape index (κ2) is 5.73. The number of hydrogen-bond donors (Lipinski definition) is 2. The summed E-state index contributed by atoms with van der Waals surface area (Å²) < 4.78 is 0. The predicted octanol–water partition coefficient (Wildman–Crippen LogP) is 1.89. The van der Waals surface area contributed by atoms with Crippen LogP contribution in [0.5, 0.6) is 0 Å². The molecular weight excluding hydrogens is 248 g/mol. The Kier molecular flexibility index (Phi) is 3.81. The van der Waals surface area contributed by atoms with Gasteiger partial charge in [-0.1, -0.05) is 30.3 Å². The molecule has 2 aromatic rings. The van der Waals surface area contributed by atoms with Crippen molar-refractivity contribution >= 4 is 0 Å². The highest BCUT2D eigenvalue weighted by molar-refractivity contribution is 5.42. The molecule has 104 valence electrons. The highest BCUT2D eigenvalue weighted by atomic mass is 16.3. The van der Waals surface area contributed by atoms with E-state index in [0.29, 0.717) is 6.54 Å². The lowest BCUT2D eigenvalue weighted by molar-refractivity contribution is 0.155. The van der Waals surface area contributed by atoms with Gasteiger partial charge in [-0.05, 0) is 42.6 Å². The van der Waals surface area contributed by atoms with Gasteiger partial charge >= 0.3 is 0 Å². The van der Waals surface area contributed by atoms with Crippen LogP contribution in [0.3, 0.4) is 0 Å². The van der Waals surface area contributed by atoms with E-state index in [2.05, 4.69) is 34.6 Å². The molecule has 3 heteroatoms. The number of aliphatic hydroxyl groups is 1. The van der Waals surface area contributed by atoms with Gasteiger partial charge in [-0.2, -0.15) is 0 Å². The Bertz CT molecular complexity index is 550. The first-order valence-corrected chi connectivity index (χ1v) is 7.15. The maximum Gasteiger partial charge on any atom is 0.0788 e. The van der Waals surface area contributed by atoms with Crippen LogP contribution in [0.4, 0.5) is 0 Å². The smallest absolute Gasteiger partial charge is 0.0788 e. The summed E-state index contributed by atoms with van der Waals surface area (Å²) in [7, 11) is 1.87. The lowest BCUT2D eigenvalue weighted by Crippen LogP contribution is -2.31. The second-order valence-electron chi connectivity index (χ2n) is 5.35. The Balaban J connectivity index is 2.13. The molecule has 0 spiro atoms. The molecule has 1 aliphatic carbocycles. The van der Waals surface area contributed by atoms with Crippen LogP contribution in [-0.4, -0.2) is 29.8 Å². The monoisotopic (exact) mass is 268 g/mol. The number of fused-ring (bicyclic) bond motifs is 2. The number of aromatic nitrogens is 1. The molecule has 1 heterocycles. The third kappa shape index (κ3) is 2.35. The van der Waals surface area contributed by atoms with E-state index in [-0.39, 0.29) is 5.92 Å². The number of benzene rings is 1. The van der Waals surface area contributed by atoms with Gasteiger partial charge in [-0.15, -0.1) is 0 Å². The molecule has 20 heavy (non-hydrogen) atoms. The third-order valence-corrected chi connectivity index (χ3v) is 4.07. The minimum Gasteiger partial charge on any atom is -0.391 e. The number of rotatable bonds is 3. The molecule has 0 radical (unpaired) electrons. The van der Waals surface area contributed by atoms with E-state index < -0.39 is 6.10 Å². The number of aryl methyl sites for hydroxylation is 2. The van der Waals surface area contributed by atoms with Crippen molar-refractivity contribution in [3.05, 3.63) is 65.0 Å². The predicted molar refractivity (Wildman–Crippen MR) is 79.9 cm³/mol. The summed E-state index contributed by atoms with van der Waals surface area (Å²) in [4.78, 5) is 4.58. The van der Waals surface area contributed by atoms with Crippen molar-refractivity contribution in [3.63, 3.8) is 0 Å². The number of hydrogen-bond acceptors (Lipinski definition) is 3. The van der Waals surface area contributed by atoms with Crippen molar-refractivity contribution < 1.29 is 5.11 Å². The Morgan fingerprint density at radius 1 is 1.20 bits per heavy atom. The van der Waals surface area contributed by atoms with Crippen molar-refractivity contribution in [1.82, 2.24) is 10.3 Å². The van der Waals surface area contributed by atoms with E-state index in [1.165, 1.54) is 16.7 Å². The fraction of sp³-hybridized carbons (Fsp3) is 0.353. The maximum atomic E-state index is 10.6.